The van der Waals surface area contributed by atoms with E-state index in [2.05, 4.69) is 25.4 Å². The summed E-state index contributed by atoms with van der Waals surface area (Å²) in [4.78, 5) is 19.4. The van der Waals surface area contributed by atoms with Gasteiger partial charge in [0.25, 0.3) is 5.91 Å². The number of pyridine rings is 1. The van der Waals surface area contributed by atoms with Gasteiger partial charge in [-0.3, -0.25) is 9.89 Å². The summed E-state index contributed by atoms with van der Waals surface area (Å²) in [5.41, 5.74) is 1.83. The topological polar surface area (TPSA) is 83.1 Å². The third-order valence-corrected chi connectivity index (χ3v) is 4.41. The van der Waals surface area contributed by atoms with E-state index in [0.29, 0.717) is 17.1 Å². The molecule has 1 fully saturated rings. The molecule has 7 nitrogen and oxygen atoms in total. The number of H-pyrrole nitrogens is 1. The summed E-state index contributed by atoms with van der Waals surface area (Å²) in [7, 11) is 1.57. The van der Waals surface area contributed by atoms with E-state index in [0.717, 1.165) is 29.8 Å². The Morgan fingerprint density at radius 1 is 1.28 bits per heavy atom. The Bertz CT molecular complexity index is 915. The Balaban J connectivity index is 1.60. The SMILES string of the molecule is COc1cc2[nH]ncc2cc1NC(=O)c1cccc(N2CCCC2)n1. The molecule has 1 amide bonds. The number of hydrogen-bond donors (Lipinski definition) is 2. The first-order valence-electron chi connectivity index (χ1n) is 8.29. The third-order valence-electron chi connectivity index (χ3n) is 4.41. The summed E-state index contributed by atoms with van der Waals surface area (Å²) in [5.74, 6) is 1.16. The quantitative estimate of drug-likeness (QED) is 0.765. The van der Waals surface area contributed by atoms with Gasteiger partial charge < -0.3 is 15.0 Å². The molecule has 0 aliphatic carbocycles. The van der Waals surface area contributed by atoms with Crippen LogP contribution in [0.5, 0.6) is 5.75 Å². The van der Waals surface area contributed by atoms with Crippen LogP contribution in [0.25, 0.3) is 10.9 Å². The van der Waals surface area contributed by atoms with E-state index in [1.54, 1.807) is 19.4 Å². The number of amides is 1. The number of benzene rings is 1. The number of anilines is 2. The number of carbonyl (C=O) groups is 1. The third kappa shape index (κ3) is 3.00. The molecule has 0 spiro atoms. The van der Waals surface area contributed by atoms with Crippen molar-refractivity contribution in [3.05, 3.63) is 42.2 Å². The molecule has 0 atom stereocenters. The van der Waals surface area contributed by atoms with Gasteiger partial charge in [0.1, 0.15) is 17.3 Å². The lowest BCUT2D eigenvalue weighted by molar-refractivity contribution is 0.102. The molecular formula is C18H19N5O2. The van der Waals surface area contributed by atoms with Gasteiger partial charge in [-0.05, 0) is 31.0 Å². The molecule has 1 saturated heterocycles. The Labute approximate surface area is 145 Å². The molecule has 3 aromatic rings. The molecule has 128 valence electrons. The van der Waals surface area contributed by atoms with E-state index in [9.17, 15) is 4.79 Å². The van der Waals surface area contributed by atoms with E-state index in [4.69, 9.17) is 4.74 Å². The van der Waals surface area contributed by atoms with E-state index >= 15 is 0 Å². The summed E-state index contributed by atoms with van der Waals surface area (Å²) in [5, 5.41) is 10.7. The Morgan fingerprint density at radius 2 is 2.12 bits per heavy atom. The molecule has 1 aliphatic rings. The number of nitrogens with one attached hydrogen (secondary N) is 2. The predicted molar refractivity (Wildman–Crippen MR) is 96.3 cm³/mol. The summed E-state index contributed by atoms with van der Waals surface area (Å²) in [6.07, 6.45) is 4.04. The summed E-state index contributed by atoms with van der Waals surface area (Å²) in [6, 6.07) is 9.18. The Kier molecular flexibility index (Phi) is 3.97. The lowest BCUT2D eigenvalue weighted by Gasteiger charge is -2.17. The summed E-state index contributed by atoms with van der Waals surface area (Å²) >= 11 is 0. The number of aromatic amines is 1. The fraction of sp³-hybridized carbons (Fsp3) is 0.278. The molecule has 0 bridgehead atoms. The first kappa shape index (κ1) is 15.4. The van der Waals surface area contributed by atoms with Gasteiger partial charge in [0.2, 0.25) is 0 Å². The monoisotopic (exact) mass is 337 g/mol. The smallest absolute Gasteiger partial charge is 0.274 e. The molecule has 0 radical (unpaired) electrons. The van der Waals surface area contributed by atoms with Gasteiger partial charge in [0.05, 0.1) is 24.5 Å². The molecule has 2 N–H and O–H groups in total. The van der Waals surface area contributed by atoms with Crippen LogP contribution in [0.15, 0.2) is 36.5 Å². The maximum atomic E-state index is 12.7. The van der Waals surface area contributed by atoms with Gasteiger partial charge in [0.15, 0.2) is 0 Å². The minimum atomic E-state index is -0.262. The highest BCUT2D eigenvalue weighted by atomic mass is 16.5. The standard InChI is InChI=1S/C18H19N5O2/c1-25-16-10-14-12(11-19-22-14)9-15(16)21-18(24)13-5-4-6-17(20-13)23-7-2-3-8-23/h4-6,9-11H,2-3,7-8H2,1H3,(H,19,22)(H,21,24). The molecule has 1 aliphatic heterocycles. The molecule has 3 heterocycles. The number of fused-ring (bicyclic) bond motifs is 1. The minimum absolute atomic E-state index is 0.262. The zero-order valence-corrected chi connectivity index (χ0v) is 14.0. The van der Waals surface area contributed by atoms with Crippen molar-refractivity contribution >= 4 is 28.3 Å². The van der Waals surface area contributed by atoms with Gasteiger partial charge in [-0.15, -0.1) is 0 Å². The highest BCUT2D eigenvalue weighted by molar-refractivity contribution is 6.05. The lowest BCUT2D eigenvalue weighted by Crippen LogP contribution is -2.21. The summed E-state index contributed by atoms with van der Waals surface area (Å²) < 4.78 is 5.37. The molecule has 0 saturated carbocycles. The van der Waals surface area contributed by atoms with Gasteiger partial charge in [0, 0.05) is 24.5 Å². The van der Waals surface area contributed by atoms with Crippen molar-refractivity contribution in [2.75, 3.05) is 30.4 Å². The van der Waals surface area contributed by atoms with Crippen molar-refractivity contribution in [3.8, 4) is 5.75 Å². The first-order chi connectivity index (χ1) is 12.2. The molecule has 4 rings (SSSR count). The number of aromatic nitrogens is 3. The van der Waals surface area contributed by atoms with E-state index in [1.807, 2.05) is 24.3 Å². The van der Waals surface area contributed by atoms with Gasteiger partial charge in [-0.2, -0.15) is 5.10 Å². The maximum absolute atomic E-state index is 12.7. The van der Waals surface area contributed by atoms with Crippen LogP contribution in [-0.4, -0.2) is 41.3 Å². The highest BCUT2D eigenvalue weighted by Gasteiger charge is 2.17. The van der Waals surface area contributed by atoms with Crippen molar-refractivity contribution in [1.82, 2.24) is 15.2 Å². The number of methoxy groups -OCH3 is 1. The maximum Gasteiger partial charge on any atom is 0.274 e. The fourth-order valence-corrected chi connectivity index (χ4v) is 3.10. The van der Waals surface area contributed by atoms with E-state index in [1.165, 1.54) is 12.8 Å². The van der Waals surface area contributed by atoms with Gasteiger partial charge in [-0.1, -0.05) is 6.07 Å². The minimum Gasteiger partial charge on any atom is -0.494 e. The fourth-order valence-electron chi connectivity index (χ4n) is 3.10. The van der Waals surface area contributed by atoms with E-state index in [-0.39, 0.29) is 5.91 Å². The second-order valence-electron chi connectivity index (χ2n) is 6.04. The number of ether oxygens (including phenoxy) is 1. The first-order valence-corrected chi connectivity index (χ1v) is 8.29. The number of hydrogen-bond acceptors (Lipinski definition) is 5. The van der Waals surface area contributed by atoms with E-state index < -0.39 is 0 Å². The summed E-state index contributed by atoms with van der Waals surface area (Å²) in [6.45, 7) is 1.98. The lowest BCUT2D eigenvalue weighted by atomic mass is 10.2. The molecule has 7 heteroatoms. The second kappa shape index (κ2) is 6.43. The second-order valence-corrected chi connectivity index (χ2v) is 6.04. The average Bonchev–Trinajstić information content (AvgIpc) is 3.32. The highest BCUT2D eigenvalue weighted by Crippen LogP contribution is 2.29. The average molecular weight is 337 g/mol. The Hall–Kier alpha value is -3.09. The molecule has 0 unspecified atom stereocenters. The molecular weight excluding hydrogens is 318 g/mol. The van der Waals surface area contributed by atoms with Crippen LogP contribution in [0.1, 0.15) is 23.3 Å². The number of nitrogens with zero attached hydrogens (tertiary/aromatic N) is 3. The van der Waals surface area contributed by atoms with Gasteiger partial charge in [-0.25, -0.2) is 4.98 Å². The number of rotatable bonds is 4. The van der Waals surface area contributed by atoms with Crippen molar-refractivity contribution in [3.63, 3.8) is 0 Å². The van der Waals surface area contributed by atoms with Crippen molar-refractivity contribution in [2.24, 2.45) is 0 Å². The Morgan fingerprint density at radius 3 is 2.92 bits per heavy atom. The van der Waals surface area contributed by atoms with Crippen molar-refractivity contribution in [1.29, 1.82) is 0 Å². The molecule has 2 aromatic heterocycles. The van der Waals surface area contributed by atoms with Gasteiger partial charge >= 0.3 is 0 Å². The normalized spacial score (nSPS) is 14.0. The zero-order chi connectivity index (χ0) is 17.2. The van der Waals surface area contributed by atoms with Crippen LogP contribution in [0.3, 0.4) is 0 Å². The number of carbonyl (C=O) groups excluding carboxylic acids is 1. The zero-order valence-electron chi connectivity index (χ0n) is 14.0. The van der Waals surface area contributed by atoms with Crippen molar-refractivity contribution < 1.29 is 9.53 Å². The predicted octanol–water partition coefficient (Wildman–Crippen LogP) is 2.82. The van der Waals surface area contributed by atoms with Crippen LogP contribution in [0, 0.1) is 0 Å². The van der Waals surface area contributed by atoms with Crippen LogP contribution in [-0.2, 0) is 0 Å². The van der Waals surface area contributed by atoms with Crippen LogP contribution >= 0.6 is 0 Å². The van der Waals surface area contributed by atoms with Crippen LogP contribution in [0.4, 0.5) is 11.5 Å². The van der Waals surface area contributed by atoms with Crippen LogP contribution in [0.2, 0.25) is 0 Å². The van der Waals surface area contributed by atoms with Crippen molar-refractivity contribution in [2.45, 2.75) is 12.8 Å². The largest absolute Gasteiger partial charge is 0.494 e. The molecule has 25 heavy (non-hydrogen) atoms. The van der Waals surface area contributed by atoms with Crippen LogP contribution < -0.4 is 15.0 Å². The molecule has 1 aromatic carbocycles.